The number of rotatable bonds is 0. The van der Waals surface area contributed by atoms with Crippen LogP contribution in [0.5, 0.6) is 0 Å². The molecule has 0 radical (unpaired) electrons. The molecule has 2 atom stereocenters. The number of alkyl halides is 3. The molecule has 2 rings (SSSR count). The van der Waals surface area contributed by atoms with Gasteiger partial charge in [0.15, 0.2) is 0 Å². The summed E-state index contributed by atoms with van der Waals surface area (Å²) in [7, 11) is 0. The highest BCUT2D eigenvalue weighted by atomic mass is 19.4. The third kappa shape index (κ3) is 4.65. The lowest BCUT2D eigenvalue weighted by molar-refractivity contribution is -0.192. The van der Waals surface area contributed by atoms with Crippen molar-refractivity contribution in [2.75, 3.05) is 6.54 Å². The molecular weight excluding hydrogens is 247 g/mol. The van der Waals surface area contributed by atoms with Crippen LogP contribution in [0.15, 0.2) is 36.6 Å². The molecule has 0 aromatic rings. The van der Waals surface area contributed by atoms with Gasteiger partial charge >= 0.3 is 12.1 Å². The van der Waals surface area contributed by atoms with Crippen molar-refractivity contribution in [1.82, 2.24) is 5.32 Å². The van der Waals surface area contributed by atoms with Crippen molar-refractivity contribution < 1.29 is 23.1 Å². The Morgan fingerprint density at radius 3 is 2.44 bits per heavy atom. The van der Waals surface area contributed by atoms with Crippen LogP contribution in [0.3, 0.4) is 0 Å². The second kappa shape index (κ2) is 6.28. The molecule has 0 saturated heterocycles. The molecule has 3 nitrogen and oxygen atoms in total. The number of aliphatic carboxylic acids is 1. The second-order valence-electron chi connectivity index (χ2n) is 3.92. The molecule has 18 heavy (non-hydrogen) atoms. The predicted molar refractivity (Wildman–Crippen MR) is 60.7 cm³/mol. The van der Waals surface area contributed by atoms with E-state index >= 15 is 0 Å². The minimum atomic E-state index is -5.08. The van der Waals surface area contributed by atoms with Crippen molar-refractivity contribution in [2.24, 2.45) is 11.8 Å². The SMILES string of the molecule is C1=CC2C=CNCCC2C=C1.O=C(O)C(F)(F)F. The fraction of sp³-hybridized carbons (Fsp3) is 0.417. The smallest absolute Gasteiger partial charge is 0.475 e. The Hall–Kier alpha value is -1.72. The molecule has 2 unspecified atom stereocenters. The number of fused-ring (bicyclic) bond motifs is 1. The van der Waals surface area contributed by atoms with Crippen LogP contribution in [-0.4, -0.2) is 23.8 Å². The molecule has 2 aliphatic rings. The van der Waals surface area contributed by atoms with Crippen molar-refractivity contribution in [3.8, 4) is 0 Å². The van der Waals surface area contributed by atoms with Gasteiger partial charge in [-0.15, -0.1) is 0 Å². The van der Waals surface area contributed by atoms with Gasteiger partial charge in [0, 0.05) is 12.5 Å². The summed E-state index contributed by atoms with van der Waals surface area (Å²) in [5.41, 5.74) is 0. The van der Waals surface area contributed by atoms with Gasteiger partial charge in [0.05, 0.1) is 0 Å². The lowest BCUT2D eigenvalue weighted by atomic mass is 9.87. The van der Waals surface area contributed by atoms with Crippen LogP contribution >= 0.6 is 0 Å². The molecule has 0 saturated carbocycles. The Bertz CT molecular complexity index is 372. The summed E-state index contributed by atoms with van der Waals surface area (Å²) < 4.78 is 31.7. The largest absolute Gasteiger partial charge is 0.490 e. The van der Waals surface area contributed by atoms with Crippen molar-refractivity contribution in [3.63, 3.8) is 0 Å². The van der Waals surface area contributed by atoms with E-state index in [1.807, 2.05) is 0 Å². The van der Waals surface area contributed by atoms with Gasteiger partial charge < -0.3 is 10.4 Å². The average Bonchev–Trinajstić information content (AvgIpc) is 2.53. The van der Waals surface area contributed by atoms with Gasteiger partial charge in [-0.2, -0.15) is 13.2 Å². The molecule has 0 amide bonds. The van der Waals surface area contributed by atoms with Crippen molar-refractivity contribution in [1.29, 1.82) is 0 Å². The number of carboxylic acids is 1. The highest BCUT2D eigenvalue weighted by Gasteiger charge is 2.38. The molecule has 1 heterocycles. The average molecular weight is 261 g/mol. The maximum Gasteiger partial charge on any atom is 0.490 e. The molecule has 0 spiro atoms. The van der Waals surface area contributed by atoms with Gasteiger partial charge in [0.25, 0.3) is 0 Å². The fourth-order valence-corrected chi connectivity index (χ4v) is 1.68. The fourth-order valence-electron chi connectivity index (χ4n) is 1.68. The van der Waals surface area contributed by atoms with E-state index in [2.05, 4.69) is 41.9 Å². The Labute approximate surface area is 103 Å². The second-order valence-corrected chi connectivity index (χ2v) is 3.92. The lowest BCUT2D eigenvalue weighted by Crippen LogP contribution is -2.21. The summed E-state index contributed by atoms with van der Waals surface area (Å²) in [4.78, 5) is 8.90. The number of hydrogen-bond donors (Lipinski definition) is 2. The van der Waals surface area contributed by atoms with Crippen LogP contribution in [-0.2, 0) is 4.79 Å². The quantitative estimate of drug-likeness (QED) is 0.704. The Morgan fingerprint density at radius 1 is 1.22 bits per heavy atom. The summed E-state index contributed by atoms with van der Waals surface area (Å²) in [6, 6.07) is 0. The zero-order valence-corrected chi connectivity index (χ0v) is 9.52. The van der Waals surface area contributed by atoms with Crippen LogP contribution in [0.25, 0.3) is 0 Å². The standard InChI is InChI=1S/C10H13N.C2HF3O2/c1-2-4-10-6-8-11-7-5-9(10)3-1;3-2(4,5)1(6)7/h1-5,7,9-11H,6,8H2;(H,6,7). The van der Waals surface area contributed by atoms with Crippen LogP contribution in [0, 0.1) is 11.8 Å². The molecule has 0 fully saturated rings. The third-order valence-electron chi connectivity index (χ3n) is 2.60. The van der Waals surface area contributed by atoms with E-state index < -0.39 is 12.1 Å². The molecule has 100 valence electrons. The topological polar surface area (TPSA) is 49.3 Å². The molecule has 1 aliphatic heterocycles. The summed E-state index contributed by atoms with van der Waals surface area (Å²) >= 11 is 0. The normalized spacial score (nSPS) is 25.3. The van der Waals surface area contributed by atoms with Gasteiger partial charge in [0.1, 0.15) is 0 Å². The maximum absolute atomic E-state index is 10.6. The molecule has 0 aromatic carbocycles. The number of hydrogen-bond acceptors (Lipinski definition) is 2. The van der Waals surface area contributed by atoms with E-state index in [1.54, 1.807) is 0 Å². The van der Waals surface area contributed by atoms with Crippen molar-refractivity contribution in [2.45, 2.75) is 12.6 Å². The van der Waals surface area contributed by atoms with E-state index in [0.29, 0.717) is 5.92 Å². The molecular formula is C12H14F3NO2. The first-order chi connectivity index (χ1) is 8.41. The third-order valence-corrected chi connectivity index (χ3v) is 2.60. The van der Waals surface area contributed by atoms with E-state index in [-0.39, 0.29) is 0 Å². The molecule has 1 aliphatic carbocycles. The van der Waals surface area contributed by atoms with Gasteiger partial charge in [0.2, 0.25) is 0 Å². The zero-order chi connectivity index (χ0) is 13.6. The number of halogens is 3. The minimum Gasteiger partial charge on any atom is -0.475 e. The van der Waals surface area contributed by atoms with E-state index in [9.17, 15) is 13.2 Å². The number of carboxylic acid groups (broad SMARTS) is 1. The first-order valence-electron chi connectivity index (χ1n) is 5.46. The minimum absolute atomic E-state index is 0.634. The number of nitrogens with one attached hydrogen (secondary N) is 1. The van der Waals surface area contributed by atoms with E-state index in [1.165, 1.54) is 6.42 Å². The van der Waals surface area contributed by atoms with Gasteiger partial charge in [-0.25, -0.2) is 4.79 Å². The lowest BCUT2D eigenvalue weighted by Gasteiger charge is -2.18. The summed E-state index contributed by atoms with van der Waals surface area (Å²) in [6.45, 7) is 1.11. The molecule has 0 aromatic heterocycles. The highest BCUT2D eigenvalue weighted by Crippen LogP contribution is 2.24. The zero-order valence-electron chi connectivity index (χ0n) is 9.52. The van der Waals surface area contributed by atoms with Crippen molar-refractivity contribution >= 4 is 5.97 Å². The summed E-state index contributed by atoms with van der Waals surface area (Å²) in [6.07, 6.45) is 9.36. The van der Waals surface area contributed by atoms with E-state index in [4.69, 9.17) is 9.90 Å². The van der Waals surface area contributed by atoms with Crippen molar-refractivity contribution in [3.05, 3.63) is 36.6 Å². The summed E-state index contributed by atoms with van der Waals surface area (Å²) in [5, 5.41) is 10.4. The highest BCUT2D eigenvalue weighted by molar-refractivity contribution is 5.73. The predicted octanol–water partition coefficient (Wildman–Crippen LogP) is 2.49. The van der Waals surface area contributed by atoms with Crippen LogP contribution < -0.4 is 5.32 Å². The molecule has 2 N–H and O–H groups in total. The molecule has 0 bridgehead atoms. The Kier molecular flexibility index (Phi) is 5.00. The van der Waals surface area contributed by atoms with Gasteiger partial charge in [-0.05, 0) is 18.5 Å². The maximum atomic E-state index is 10.6. The van der Waals surface area contributed by atoms with Crippen LogP contribution in [0.4, 0.5) is 13.2 Å². The van der Waals surface area contributed by atoms with Crippen LogP contribution in [0.2, 0.25) is 0 Å². The number of carbonyl (C=O) groups is 1. The first kappa shape index (κ1) is 14.3. The van der Waals surface area contributed by atoms with Crippen LogP contribution in [0.1, 0.15) is 6.42 Å². The van der Waals surface area contributed by atoms with E-state index in [0.717, 1.165) is 12.5 Å². The van der Waals surface area contributed by atoms with Gasteiger partial charge in [-0.1, -0.05) is 30.4 Å². The number of allylic oxidation sites excluding steroid dienone is 5. The Balaban J connectivity index is 0.000000203. The first-order valence-corrected chi connectivity index (χ1v) is 5.46. The monoisotopic (exact) mass is 261 g/mol. The Morgan fingerprint density at radius 2 is 1.83 bits per heavy atom. The molecule has 6 heteroatoms. The summed E-state index contributed by atoms with van der Waals surface area (Å²) in [5.74, 6) is -1.39. The van der Waals surface area contributed by atoms with Gasteiger partial charge in [-0.3, -0.25) is 0 Å².